The van der Waals surface area contributed by atoms with E-state index in [4.69, 9.17) is 14.6 Å². The van der Waals surface area contributed by atoms with Gasteiger partial charge in [0.25, 0.3) is 0 Å². The standard InChI is InChI=1S/C14H20N2O5S/c1-3-21-9(2)13-15-10(8-22-13)6-12(17)16-4-5-20-7-11(16)14(18)19/h8-9,11H,3-7H2,1-2H3,(H,18,19)/t9-,11-/m0/s1. The van der Waals surface area contributed by atoms with Crippen LogP contribution < -0.4 is 0 Å². The number of carbonyl (C=O) groups is 2. The van der Waals surface area contributed by atoms with Gasteiger partial charge in [0, 0.05) is 18.5 Å². The molecule has 0 aromatic carbocycles. The van der Waals surface area contributed by atoms with E-state index in [2.05, 4.69) is 4.98 Å². The average Bonchev–Trinajstić information content (AvgIpc) is 2.96. The first kappa shape index (κ1) is 16.9. The third-order valence-electron chi connectivity index (χ3n) is 3.40. The summed E-state index contributed by atoms with van der Waals surface area (Å²) in [4.78, 5) is 29.3. The maximum atomic E-state index is 12.3. The second kappa shape index (κ2) is 7.66. The molecular weight excluding hydrogens is 308 g/mol. The Labute approximate surface area is 132 Å². The number of carbonyl (C=O) groups excluding carboxylic acids is 1. The highest BCUT2D eigenvalue weighted by atomic mass is 32.1. The fourth-order valence-corrected chi connectivity index (χ4v) is 3.10. The van der Waals surface area contributed by atoms with Crippen LogP contribution in [0.15, 0.2) is 5.38 Å². The lowest BCUT2D eigenvalue weighted by Crippen LogP contribution is -2.53. The number of nitrogens with zero attached hydrogens (tertiary/aromatic N) is 2. The number of hydrogen-bond donors (Lipinski definition) is 1. The molecule has 2 heterocycles. The Morgan fingerprint density at radius 2 is 2.41 bits per heavy atom. The summed E-state index contributed by atoms with van der Waals surface area (Å²) in [7, 11) is 0. The first-order valence-electron chi connectivity index (χ1n) is 7.18. The maximum absolute atomic E-state index is 12.3. The molecule has 1 N–H and O–H groups in total. The van der Waals surface area contributed by atoms with Gasteiger partial charge in [-0.15, -0.1) is 11.3 Å². The van der Waals surface area contributed by atoms with Crippen molar-refractivity contribution in [2.24, 2.45) is 0 Å². The fourth-order valence-electron chi connectivity index (χ4n) is 2.28. The molecule has 8 heteroatoms. The summed E-state index contributed by atoms with van der Waals surface area (Å²) in [5.74, 6) is -1.28. The minimum absolute atomic E-state index is 0.0325. The van der Waals surface area contributed by atoms with Crippen LogP contribution >= 0.6 is 11.3 Å². The molecule has 122 valence electrons. The van der Waals surface area contributed by atoms with E-state index in [-0.39, 0.29) is 25.0 Å². The van der Waals surface area contributed by atoms with Gasteiger partial charge >= 0.3 is 5.97 Å². The molecule has 1 aromatic rings. The number of aliphatic carboxylic acids is 1. The van der Waals surface area contributed by atoms with Crippen molar-refractivity contribution in [3.8, 4) is 0 Å². The van der Waals surface area contributed by atoms with E-state index in [1.54, 1.807) is 0 Å². The van der Waals surface area contributed by atoms with Gasteiger partial charge in [-0.25, -0.2) is 9.78 Å². The molecule has 0 aliphatic carbocycles. The van der Waals surface area contributed by atoms with E-state index < -0.39 is 12.0 Å². The quantitative estimate of drug-likeness (QED) is 0.841. The zero-order chi connectivity index (χ0) is 16.1. The summed E-state index contributed by atoms with van der Waals surface area (Å²) in [6.07, 6.45) is -0.00642. The number of carboxylic acid groups (broad SMARTS) is 1. The summed E-state index contributed by atoms with van der Waals surface area (Å²) in [6, 6.07) is -0.915. The van der Waals surface area contributed by atoms with Gasteiger partial charge in [0.2, 0.25) is 5.91 Å². The van der Waals surface area contributed by atoms with Crippen molar-refractivity contribution >= 4 is 23.2 Å². The third-order valence-corrected chi connectivity index (χ3v) is 4.45. The van der Waals surface area contributed by atoms with Crippen molar-refractivity contribution in [3.63, 3.8) is 0 Å². The SMILES string of the molecule is CCO[C@@H](C)c1nc(CC(=O)N2CCOC[C@H]2C(=O)O)cs1. The predicted molar refractivity (Wildman–Crippen MR) is 79.8 cm³/mol. The lowest BCUT2D eigenvalue weighted by Gasteiger charge is -2.32. The van der Waals surface area contributed by atoms with Crippen LogP contribution in [0.1, 0.15) is 30.7 Å². The molecule has 1 aromatic heterocycles. The molecule has 1 amide bonds. The molecule has 1 saturated heterocycles. The van der Waals surface area contributed by atoms with Gasteiger partial charge in [-0.05, 0) is 13.8 Å². The summed E-state index contributed by atoms with van der Waals surface area (Å²) in [5, 5.41) is 11.8. The van der Waals surface area contributed by atoms with Crippen LogP contribution in [0.3, 0.4) is 0 Å². The number of hydrogen-bond acceptors (Lipinski definition) is 6. The Bertz CT molecular complexity index is 533. The molecule has 0 radical (unpaired) electrons. The van der Waals surface area contributed by atoms with Gasteiger partial charge in [0.05, 0.1) is 25.3 Å². The number of morpholine rings is 1. The monoisotopic (exact) mass is 328 g/mol. The zero-order valence-electron chi connectivity index (χ0n) is 12.7. The molecule has 7 nitrogen and oxygen atoms in total. The lowest BCUT2D eigenvalue weighted by atomic mass is 10.2. The molecule has 2 rings (SSSR count). The Balaban J connectivity index is 2.00. The number of carboxylic acids is 1. The topological polar surface area (TPSA) is 89.0 Å². The van der Waals surface area contributed by atoms with E-state index >= 15 is 0 Å². The van der Waals surface area contributed by atoms with Gasteiger partial charge in [-0.3, -0.25) is 4.79 Å². The van der Waals surface area contributed by atoms with Crippen molar-refractivity contribution in [1.29, 1.82) is 0 Å². The van der Waals surface area contributed by atoms with Crippen LogP contribution in [0.5, 0.6) is 0 Å². The molecule has 0 unspecified atom stereocenters. The van der Waals surface area contributed by atoms with E-state index in [0.717, 1.165) is 5.01 Å². The number of amides is 1. The summed E-state index contributed by atoms with van der Waals surface area (Å²) in [6.45, 7) is 5.12. The zero-order valence-corrected chi connectivity index (χ0v) is 13.5. The second-order valence-corrected chi connectivity index (χ2v) is 5.86. The Morgan fingerprint density at radius 3 is 3.09 bits per heavy atom. The lowest BCUT2D eigenvalue weighted by molar-refractivity contribution is -0.158. The van der Waals surface area contributed by atoms with Gasteiger partial charge in [0.1, 0.15) is 11.1 Å². The van der Waals surface area contributed by atoms with Crippen LogP contribution in [-0.2, 0) is 25.5 Å². The minimum Gasteiger partial charge on any atom is -0.480 e. The highest BCUT2D eigenvalue weighted by Crippen LogP contribution is 2.22. The van der Waals surface area contributed by atoms with Gasteiger partial charge in [-0.2, -0.15) is 0 Å². The van der Waals surface area contributed by atoms with Crippen molar-refractivity contribution in [2.45, 2.75) is 32.4 Å². The van der Waals surface area contributed by atoms with E-state index in [1.165, 1.54) is 16.2 Å². The van der Waals surface area contributed by atoms with Crippen LogP contribution in [0.4, 0.5) is 0 Å². The van der Waals surface area contributed by atoms with Gasteiger partial charge in [-0.1, -0.05) is 0 Å². The number of aromatic nitrogens is 1. The molecule has 1 fully saturated rings. The highest BCUT2D eigenvalue weighted by Gasteiger charge is 2.32. The highest BCUT2D eigenvalue weighted by molar-refractivity contribution is 7.09. The maximum Gasteiger partial charge on any atom is 0.328 e. The van der Waals surface area contributed by atoms with Crippen molar-refractivity contribution in [2.75, 3.05) is 26.4 Å². The largest absolute Gasteiger partial charge is 0.480 e. The molecule has 1 aliphatic heterocycles. The van der Waals surface area contributed by atoms with Crippen molar-refractivity contribution < 1.29 is 24.2 Å². The molecule has 1 aliphatic rings. The summed E-state index contributed by atoms with van der Waals surface area (Å²) < 4.78 is 10.6. The molecular formula is C14H20N2O5S. The first-order valence-corrected chi connectivity index (χ1v) is 8.06. The molecule has 0 saturated carbocycles. The van der Waals surface area contributed by atoms with Crippen molar-refractivity contribution in [3.05, 3.63) is 16.1 Å². The number of rotatable bonds is 6. The fraction of sp³-hybridized carbons (Fsp3) is 0.643. The van der Waals surface area contributed by atoms with E-state index in [0.29, 0.717) is 25.5 Å². The Kier molecular flexibility index (Phi) is 5.87. The summed E-state index contributed by atoms with van der Waals surface area (Å²) in [5.41, 5.74) is 0.646. The number of ether oxygens (including phenoxy) is 2. The number of thiazole rings is 1. The smallest absolute Gasteiger partial charge is 0.328 e. The average molecular weight is 328 g/mol. The van der Waals surface area contributed by atoms with E-state index in [9.17, 15) is 9.59 Å². The Morgan fingerprint density at radius 1 is 1.64 bits per heavy atom. The van der Waals surface area contributed by atoms with Gasteiger partial charge in [0.15, 0.2) is 6.04 Å². The van der Waals surface area contributed by atoms with Crippen LogP contribution in [0.25, 0.3) is 0 Å². The molecule has 22 heavy (non-hydrogen) atoms. The van der Waals surface area contributed by atoms with Crippen molar-refractivity contribution in [1.82, 2.24) is 9.88 Å². The van der Waals surface area contributed by atoms with E-state index in [1.807, 2.05) is 19.2 Å². The predicted octanol–water partition coefficient (Wildman–Crippen LogP) is 1.10. The minimum atomic E-state index is -1.04. The normalized spacial score (nSPS) is 19.9. The molecule has 2 atom stereocenters. The third kappa shape index (κ3) is 4.02. The second-order valence-electron chi connectivity index (χ2n) is 4.97. The summed E-state index contributed by atoms with van der Waals surface area (Å²) >= 11 is 1.45. The molecule has 0 spiro atoms. The van der Waals surface area contributed by atoms with Crippen LogP contribution in [0, 0.1) is 0 Å². The van der Waals surface area contributed by atoms with Crippen LogP contribution in [-0.4, -0.2) is 59.3 Å². The Hall–Kier alpha value is -1.51. The molecule has 0 bridgehead atoms. The van der Waals surface area contributed by atoms with Crippen LogP contribution in [0.2, 0.25) is 0 Å². The first-order chi connectivity index (χ1) is 10.5. The van der Waals surface area contributed by atoms with Gasteiger partial charge < -0.3 is 19.5 Å².